The van der Waals surface area contributed by atoms with Crippen LogP contribution in [0.1, 0.15) is 6.42 Å². The van der Waals surface area contributed by atoms with Gasteiger partial charge in [0, 0.05) is 12.3 Å². The summed E-state index contributed by atoms with van der Waals surface area (Å²) in [5.74, 6) is -0.200. The average molecular weight is 306 g/mol. The highest BCUT2D eigenvalue weighted by Gasteiger charge is 2.63. The predicted octanol–water partition coefficient (Wildman–Crippen LogP) is 1.20. The lowest BCUT2D eigenvalue weighted by atomic mass is 9.59. The molecule has 1 aromatic rings. The Morgan fingerprint density at radius 2 is 2.04 bits per heavy atom. The molecule has 0 N–H and O–H groups in total. The van der Waals surface area contributed by atoms with Gasteiger partial charge in [-0.15, -0.1) is 0 Å². The molecule has 23 heavy (non-hydrogen) atoms. The quantitative estimate of drug-likeness (QED) is 0.606. The lowest BCUT2D eigenvalue weighted by Gasteiger charge is -2.31. The topological polar surface area (TPSA) is 51.4 Å². The summed E-state index contributed by atoms with van der Waals surface area (Å²) in [5.41, 5.74) is -0.298. The molecule has 0 saturated carbocycles. The number of ketones is 1. The summed E-state index contributed by atoms with van der Waals surface area (Å²) >= 11 is 0. The van der Waals surface area contributed by atoms with E-state index in [4.69, 9.17) is 29.9 Å². The van der Waals surface area contributed by atoms with E-state index in [1.165, 1.54) is 0 Å². The van der Waals surface area contributed by atoms with Gasteiger partial charge < -0.3 is 14.2 Å². The largest absolute Gasteiger partial charge is 0.493 e. The zero-order valence-electron chi connectivity index (χ0n) is 12.7. The molecule has 4 rings (SSSR count). The molecule has 4 nitrogen and oxygen atoms in total. The van der Waals surface area contributed by atoms with Crippen molar-refractivity contribution in [1.29, 1.82) is 0 Å². The summed E-state index contributed by atoms with van der Waals surface area (Å²) in [7, 11) is 11.8. The van der Waals surface area contributed by atoms with Crippen LogP contribution in [-0.4, -0.2) is 52.5 Å². The van der Waals surface area contributed by atoms with E-state index in [0.717, 1.165) is 12.2 Å². The Kier molecular flexibility index (Phi) is 3.62. The molecule has 3 aliphatic rings. The lowest BCUT2D eigenvalue weighted by molar-refractivity contribution is -0.117. The molecule has 1 aliphatic carbocycles. The van der Waals surface area contributed by atoms with E-state index in [1.807, 2.05) is 30.3 Å². The van der Waals surface area contributed by atoms with Crippen LogP contribution < -0.4 is 4.74 Å². The molecular formula is C17H16B2O4. The maximum absolute atomic E-state index is 12.0. The molecule has 1 spiro atoms. The van der Waals surface area contributed by atoms with Crippen LogP contribution in [0, 0.1) is 5.92 Å². The maximum atomic E-state index is 12.0. The van der Waals surface area contributed by atoms with Gasteiger partial charge in [0.25, 0.3) is 0 Å². The number of carbonyl (C=O) groups is 1. The van der Waals surface area contributed by atoms with Crippen molar-refractivity contribution in [2.24, 2.45) is 5.92 Å². The van der Waals surface area contributed by atoms with Crippen LogP contribution >= 0.6 is 0 Å². The Bertz CT molecular complexity index is 641. The first-order chi connectivity index (χ1) is 11.1. The zero-order valence-corrected chi connectivity index (χ0v) is 12.7. The number of carbonyl (C=O) groups excluding carboxylic acids is 1. The number of rotatable bonds is 5. The molecule has 6 heteroatoms. The normalized spacial score (nSPS) is 38.3. The van der Waals surface area contributed by atoms with E-state index in [0.29, 0.717) is 13.2 Å². The van der Waals surface area contributed by atoms with Crippen LogP contribution in [0.2, 0.25) is 5.82 Å². The van der Waals surface area contributed by atoms with Crippen LogP contribution in [0.25, 0.3) is 0 Å². The van der Waals surface area contributed by atoms with Gasteiger partial charge in [0.15, 0.2) is 0 Å². The number of epoxide rings is 2. The zero-order chi connectivity index (χ0) is 16.0. The molecule has 1 aromatic carbocycles. The van der Waals surface area contributed by atoms with Crippen LogP contribution in [-0.2, 0) is 14.3 Å². The van der Waals surface area contributed by atoms with Gasteiger partial charge in [-0.3, -0.25) is 4.79 Å². The molecule has 2 saturated heterocycles. The molecule has 0 amide bonds. The highest BCUT2D eigenvalue weighted by atomic mass is 16.6. The fraction of sp³-hybridized carbons (Fsp3) is 0.471. The second-order valence-corrected chi connectivity index (χ2v) is 6.35. The van der Waals surface area contributed by atoms with E-state index < -0.39 is 11.4 Å². The summed E-state index contributed by atoms with van der Waals surface area (Å²) in [6.07, 6.45) is 2.45. The van der Waals surface area contributed by atoms with Crippen molar-refractivity contribution in [3.05, 3.63) is 41.9 Å². The molecule has 5 unspecified atom stereocenters. The number of allylic oxidation sites excluding steroid dienone is 1. The van der Waals surface area contributed by atoms with Gasteiger partial charge in [-0.25, -0.2) is 0 Å². The molecule has 114 valence electrons. The minimum absolute atomic E-state index is 0.0522. The Morgan fingerprint density at radius 1 is 1.30 bits per heavy atom. The van der Waals surface area contributed by atoms with Crippen molar-refractivity contribution in [3.63, 3.8) is 0 Å². The van der Waals surface area contributed by atoms with Crippen molar-refractivity contribution in [3.8, 4) is 5.75 Å². The highest BCUT2D eigenvalue weighted by Crippen LogP contribution is 2.53. The summed E-state index contributed by atoms with van der Waals surface area (Å²) in [6.45, 7) is 1.11. The van der Waals surface area contributed by atoms with Gasteiger partial charge >= 0.3 is 0 Å². The number of benzene rings is 1. The molecule has 4 radical (unpaired) electrons. The lowest BCUT2D eigenvalue weighted by Crippen LogP contribution is -2.40. The van der Waals surface area contributed by atoms with Crippen molar-refractivity contribution in [1.82, 2.24) is 0 Å². The monoisotopic (exact) mass is 306 g/mol. The Hall–Kier alpha value is -1.52. The minimum Gasteiger partial charge on any atom is -0.493 e. The van der Waals surface area contributed by atoms with E-state index >= 15 is 0 Å². The first kappa shape index (κ1) is 15.0. The number of ether oxygens (including phenoxy) is 3. The summed E-state index contributed by atoms with van der Waals surface area (Å²) in [5, 5.41) is 0. The van der Waals surface area contributed by atoms with Gasteiger partial charge in [-0.1, -0.05) is 29.7 Å². The molecule has 2 fully saturated rings. The SMILES string of the molecule is [B]C1=CC2(CO2)C(C2OC2CCOc2ccccc2)C([B])C1=O. The van der Waals surface area contributed by atoms with Crippen LogP contribution in [0.4, 0.5) is 0 Å². The van der Waals surface area contributed by atoms with Gasteiger partial charge in [0.05, 0.1) is 33.3 Å². The van der Waals surface area contributed by atoms with E-state index in [1.54, 1.807) is 6.08 Å². The van der Waals surface area contributed by atoms with Crippen molar-refractivity contribution in [2.45, 2.75) is 30.0 Å². The standard InChI is InChI=1S/C17H16B2O4/c18-11-8-17(9-22-17)13(14(19)15(11)20)16-12(23-16)6-7-21-10-4-2-1-3-5-10/h1-5,8,12-14,16H,6-7,9H2. The summed E-state index contributed by atoms with van der Waals surface area (Å²) < 4.78 is 17.0. The second-order valence-electron chi connectivity index (χ2n) is 6.35. The smallest absolute Gasteiger partial charge is 0.143 e. The first-order valence-corrected chi connectivity index (χ1v) is 7.86. The molecule has 5 atom stereocenters. The third-order valence-electron chi connectivity index (χ3n) is 4.81. The van der Waals surface area contributed by atoms with Gasteiger partial charge in [-0.05, 0) is 17.9 Å². The summed E-state index contributed by atoms with van der Waals surface area (Å²) in [4.78, 5) is 12.0. The fourth-order valence-corrected chi connectivity index (χ4v) is 3.45. The Balaban J connectivity index is 1.35. The molecule has 0 bridgehead atoms. The molecule has 2 heterocycles. The first-order valence-electron chi connectivity index (χ1n) is 7.86. The van der Waals surface area contributed by atoms with Crippen LogP contribution in [0.5, 0.6) is 5.75 Å². The number of hydrogen-bond acceptors (Lipinski definition) is 4. The number of para-hydroxylation sites is 1. The van der Waals surface area contributed by atoms with Crippen molar-refractivity contribution < 1.29 is 19.0 Å². The third-order valence-corrected chi connectivity index (χ3v) is 4.81. The van der Waals surface area contributed by atoms with E-state index in [-0.39, 0.29) is 29.4 Å². The highest BCUT2D eigenvalue weighted by molar-refractivity contribution is 6.43. The number of hydrogen-bond donors (Lipinski definition) is 0. The predicted molar refractivity (Wildman–Crippen MR) is 85.7 cm³/mol. The van der Waals surface area contributed by atoms with Gasteiger partial charge in [0.1, 0.15) is 25.0 Å². The fourth-order valence-electron chi connectivity index (χ4n) is 3.45. The Morgan fingerprint density at radius 3 is 2.74 bits per heavy atom. The second kappa shape index (κ2) is 5.53. The third kappa shape index (κ3) is 2.74. The molecular weight excluding hydrogens is 290 g/mol. The van der Waals surface area contributed by atoms with Gasteiger partial charge in [-0.2, -0.15) is 0 Å². The Labute approximate surface area is 138 Å². The van der Waals surface area contributed by atoms with Gasteiger partial charge in [0.2, 0.25) is 0 Å². The van der Waals surface area contributed by atoms with E-state index in [2.05, 4.69) is 0 Å². The minimum atomic E-state index is -0.660. The summed E-state index contributed by atoms with van der Waals surface area (Å²) in [6, 6.07) is 9.65. The van der Waals surface area contributed by atoms with Crippen LogP contribution in [0.3, 0.4) is 0 Å². The van der Waals surface area contributed by atoms with Crippen LogP contribution in [0.15, 0.2) is 41.9 Å². The average Bonchev–Trinajstić information content (AvgIpc) is 3.46. The molecule has 2 aliphatic heterocycles. The van der Waals surface area contributed by atoms with E-state index in [9.17, 15) is 4.79 Å². The number of Topliss-reactive ketones (excluding diaryl/α,β-unsaturated/α-hetero) is 1. The van der Waals surface area contributed by atoms with Crippen molar-refractivity contribution >= 4 is 21.5 Å². The maximum Gasteiger partial charge on any atom is 0.143 e. The van der Waals surface area contributed by atoms with Crippen molar-refractivity contribution in [2.75, 3.05) is 13.2 Å². The molecule has 0 aromatic heterocycles.